The second-order valence-corrected chi connectivity index (χ2v) is 5.21. The summed E-state index contributed by atoms with van der Waals surface area (Å²) in [6.07, 6.45) is -3.22. The first kappa shape index (κ1) is 16.6. The molecule has 0 saturated heterocycles. The molecule has 0 radical (unpaired) electrons. The number of halogens is 4. The first-order chi connectivity index (χ1) is 10.4. The number of nitrogens with one attached hydrogen (secondary N) is 1. The third-order valence-electron chi connectivity index (χ3n) is 3.18. The summed E-state index contributed by atoms with van der Waals surface area (Å²) in [7, 11) is 0. The molecule has 0 fully saturated rings. The molecule has 0 spiro atoms. The van der Waals surface area contributed by atoms with Gasteiger partial charge in [-0.3, -0.25) is 0 Å². The van der Waals surface area contributed by atoms with E-state index in [9.17, 15) is 13.2 Å². The van der Waals surface area contributed by atoms with E-state index in [4.69, 9.17) is 16.7 Å². The van der Waals surface area contributed by atoms with Crippen LogP contribution in [0.15, 0.2) is 42.5 Å². The molecule has 6 heteroatoms. The van der Waals surface area contributed by atoms with Gasteiger partial charge in [-0.15, -0.1) is 0 Å². The van der Waals surface area contributed by atoms with E-state index in [0.717, 1.165) is 17.7 Å². The van der Waals surface area contributed by atoms with Crippen LogP contribution in [0.4, 0.5) is 24.5 Å². The van der Waals surface area contributed by atoms with Gasteiger partial charge in [0.15, 0.2) is 0 Å². The van der Waals surface area contributed by atoms with Crippen molar-refractivity contribution >= 4 is 23.0 Å². The molecule has 0 aliphatic rings. The molecule has 2 N–H and O–H groups in total. The molecule has 0 atom stereocenters. The van der Waals surface area contributed by atoms with E-state index >= 15 is 0 Å². The molecule has 2 nitrogen and oxygen atoms in total. The van der Waals surface area contributed by atoms with Crippen molar-refractivity contribution < 1.29 is 18.3 Å². The van der Waals surface area contributed by atoms with Crippen molar-refractivity contribution in [3.8, 4) is 0 Å². The highest BCUT2D eigenvalue weighted by molar-refractivity contribution is 6.33. The summed E-state index contributed by atoms with van der Waals surface area (Å²) in [4.78, 5) is 0. The largest absolute Gasteiger partial charge is 0.416 e. The van der Waals surface area contributed by atoms with Crippen LogP contribution >= 0.6 is 11.6 Å². The number of rotatable bonds is 5. The third-order valence-corrected chi connectivity index (χ3v) is 3.51. The van der Waals surface area contributed by atoms with Gasteiger partial charge in [0.2, 0.25) is 0 Å². The van der Waals surface area contributed by atoms with Crippen LogP contribution in [0.5, 0.6) is 0 Å². The number of alkyl halides is 3. The van der Waals surface area contributed by atoms with E-state index in [1.54, 1.807) is 12.1 Å². The van der Waals surface area contributed by atoms with Crippen molar-refractivity contribution in [1.82, 2.24) is 0 Å². The fourth-order valence-corrected chi connectivity index (χ4v) is 2.24. The molecule has 2 rings (SSSR count). The normalized spacial score (nSPS) is 11.5. The topological polar surface area (TPSA) is 32.3 Å². The van der Waals surface area contributed by atoms with Crippen LogP contribution in [0.3, 0.4) is 0 Å². The predicted molar refractivity (Wildman–Crippen MR) is 81.6 cm³/mol. The molecule has 2 aromatic rings. The summed E-state index contributed by atoms with van der Waals surface area (Å²) < 4.78 is 38.4. The van der Waals surface area contributed by atoms with Gasteiger partial charge >= 0.3 is 6.18 Å². The first-order valence-corrected chi connectivity index (χ1v) is 7.12. The van der Waals surface area contributed by atoms with Crippen LogP contribution in [-0.4, -0.2) is 11.7 Å². The Hall–Kier alpha value is -1.72. The maximum absolute atomic E-state index is 12.8. The average molecular weight is 330 g/mol. The van der Waals surface area contributed by atoms with Crippen molar-refractivity contribution in [2.75, 3.05) is 11.9 Å². The Labute approximate surface area is 131 Å². The number of benzene rings is 2. The Bertz CT molecular complexity index is 644. The lowest BCUT2D eigenvalue weighted by molar-refractivity contribution is -0.137. The molecule has 0 amide bonds. The molecule has 0 aliphatic heterocycles. The molecule has 2 aromatic carbocycles. The van der Waals surface area contributed by atoms with E-state index in [0.29, 0.717) is 18.5 Å². The summed E-state index contributed by atoms with van der Waals surface area (Å²) in [5.41, 5.74) is 1.03. The van der Waals surface area contributed by atoms with Crippen molar-refractivity contribution in [2.45, 2.75) is 19.0 Å². The summed E-state index contributed by atoms with van der Waals surface area (Å²) in [6, 6.07) is 10.4. The van der Waals surface area contributed by atoms with Crippen LogP contribution in [-0.2, 0) is 12.6 Å². The summed E-state index contributed by atoms with van der Waals surface area (Å²) in [5.74, 6) is 0. The zero-order chi connectivity index (χ0) is 16.2. The highest BCUT2D eigenvalue weighted by Gasteiger charge is 2.31. The minimum Gasteiger partial charge on any atom is -0.396 e. The molecule has 22 heavy (non-hydrogen) atoms. The summed E-state index contributed by atoms with van der Waals surface area (Å²) >= 11 is 5.98. The van der Waals surface area contributed by atoms with Crippen LogP contribution in [0.1, 0.15) is 17.5 Å². The second kappa shape index (κ2) is 7.03. The smallest absolute Gasteiger partial charge is 0.396 e. The third kappa shape index (κ3) is 4.15. The lowest BCUT2D eigenvalue weighted by atomic mass is 10.1. The molecule has 0 unspecified atom stereocenters. The second-order valence-electron chi connectivity index (χ2n) is 4.80. The van der Waals surface area contributed by atoms with E-state index in [1.807, 2.05) is 12.1 Å². The van der Waals surface area contributed by atoms with Gasteiger partial charge in [-0.05, 0) is 42.7 Å². The molecule has 118 valence electrons. The van der Waals surface area contributed by atoms with Crippen LogP contribution in [0.25, 0.3) is 0 Å². The standard InChI is InChI=1S/C16H15ClF3NO/c17-13-8-7-12(16(18,19)20)10-15(13)21-14-6-2-1-4-11(14)5-3-9-22/h1-2,4,6-8,10,21-22H,3,5,9H2. The molecule has 0 heterocycles. The van der Waals surface area contributed by atoms with Crippen LogP contribution < -0.4 is 5.32 Å². The Morgan fingerprint density at radius 2 is 1.77 bits per heavy atom. The van der Waals surface area contributed by atoms with Gasteiger partial charge in [0.1, 0.15) is 0 Å². The number of hydrogen-bond acceptors (Lipinski definition) is 2. The van der Waals surface area contributed by atoms with E-state index < -0.39 is 11.7 Å². The van der Waals surface area contributed by atoms with Crippen molar-refractivity contribution in [3.05, 3.63) is 58.6 Å². The van der Waals surface area contributed by atoms with E-state index in [-0.39, 0.29) is 17.3 Å². The Kier molecular flexibility index (Phi) is 5.32. The van der Waals surface area contributed by atoms with Gasteiger partial charge in [0.25, 0.3) is 0 Å². The zero-order valence-electron chi connectivity index (χ0n) is 11.6. The molecule has 0 aromatic heterocycles. The predicted octanol–water partition coefficient (Wildman–Crippen LogP) is 5.03. The molecular formula is C16H15ClF3NO. The molecule has 0 aliphatic carbocycles. The minimum atomic E-state index is -4.42. The van der Waals surface area contributed by atoms with E-state index in [2.05, 4.69) is 5.32 Å². The quantitative estimate of drug-likeness (QED) is 0.806. The van der Waals surface area contributed by atoms with Crippen LogP contribution in [0, 0.1) is 0 Å². The fourth-order valence-electron chi connectivity index (χ4n) is 2.07. The number of aryl methyl sites for hydroxylation is 1. The molecular weight excluding hydrogens is 315 g/mol. The number of para-hydroxylation sites is 1. The summed E-state index contributed by atoms with van der Waals surface area (Å²) in [5, 5.41) is 12.1. The number of anilines is 2. The van der Waals surface area contributed by atoms with Gasteiger partial charge in [0, 0.05) is 12.3 Å². The number of hydrogen-bond donors (Lipinski definition) is 2. The van der Waals surface area contributed by atoms with Gasteiger partial charge in [-0.2, -0.15) is 13.2 Å². The summed E-state index contributed by atoms with van der Waals surface area (Å²) in [6.45, 7) is 0.0542. The van der Waals surface area contributed by atoms with Gasteiger partial charge < -0.3 is 10.4 Å². The first-order valence-electron chi connectivity index (χ1n) is 6.74. The van der Waals surface area contributed by atoms with Crippen molar-refractivity contribution in [1.29, 1.82) is 0 Å². The van der Waals surface area contributed by atoms with Crippen molar-refractivity contribution in [2.24, 2.45) is 0 Å². The molecule has 0 saturated carbocycles. The van der Waals surface area contributed by atoms with Crippen LogP contribution in [0.2, 0.25) is 5.02 Å². The molecule has 0 bridgehead atoms. The Morgan fingerprint density at radius 3 is 2.45 bits per heavy atom. The van der Waals surface area contributed by atoms with E-state index in [1.165, 1.54) is 6.07 Å². The van der Waals surface area contributed by atoms with Gasteiger partial charge in [-0.1, -0.05) is 29.8 Å². The maximum Gasteiger partial charge on any atom is 0.416 e. The highest BCUT2D eigenvalue weighted by atomic mass is 35.5. The lowest BCUT2D eigenvalue weighted by Gasteiger charge is -2.15. The number of aliphatic hydroxyl groups is 1. The fraction of sp³-hybridized carbons (Fsp3) is 0.250. The Morgan fingerprint density at radius 1 is 1.05 bits per heavy atom. The average Bonchev–Trinajstić information content (AvgIpc) is 2.47. The lowest BCUT2D eigenvalue weighted by Crippen LogP contribution is -2.06. The SMILES string of the molecule is OCCCc1ccccc1Nc1cc(C(F)(F)F)ccc1Cl. The zero-order valence-corrected chi connectivity index (χ0v) is 12.4. The van der Waals surface area contributed by atoms with Gasteiger partial charge in [-0.25, -0.2) is 0 Å². The minimum absolute atomic E-state index is 0.0542. The monoisotopic (exact) mass is 329 g/mol. The Balaban J connectivity index is 2.31. The highest BCUT2D eigenvalue weighted by Crippen LogP contribution is 2.35. The number of aliphatic hydroxyl groups excluding tert-OH is 1. The maximum atomic E-state index is 12.8. The van der Waals surface area contributed by atoms with Crippen molar-refractivity contribution in [3.63, 3.8) is 0 Å². The van der Waals surface area contributed by atoms with Gasteiger partial charge in [0.05, 0.1) is 16.3 Å².